The molecule has 0 spiro atoms. The molecule has 0 amide bonds. The maximum atomic E-state index is 9.50. The third kappa shape index (κ3) is 4.38. The molecule has 25 heavy (non-hydrogen) atoms. The van der Waals surface area contributed by atoms with E-state index in [1.165, 1.54) is 21.9 Å². The molecule has 0 saturated heterocycles. The summed E-state index contributed by atoms with van der Waals surface area (Å²) in [6.07, 6.45) is -0.369. The molecule has 0 aliphatic carbocycles. The number of benzene rings is 3. The smallest absolute Gasteiger partial charge is 0.124 e. The molecule has 3 nitrogen and oxygen atoms in total. The Bertz CT molecular complexity index is 842. The van der Waals surface area contributed by atoms with Crippen molar-refractivity contribution in [3.05, 3.63) is 77.4 Å². The van der Waals surface area contributed by atoms with Crippen molar-refractivity contribution in [3.8, 4) is 5.75 Å². The molecule has 0 unspecified atom stereocenters. The number of aryl methyl sites for hydroxylation is 1. The number of fused-ring (bicyclic) bond motifs is 1. The molecule has 0 aliphatic heterocycles. The standard InChI is InChI=1S/C22H25NO2/c1-16-7-3-4-9-19(16)15-25-22-12-11-18-8-5-6-10-20(18)21(22)14-23-13-17(2)24/h3-12,17,23-24H,13-15H2,1-2H3/t17-/m1/s1. The number of aliphatic hydroxyl groups is 1. The van der Waals surface area contributed by atoms with Gasteiger partial charge in [0.05, 0.1) is 6.10 Å². The molecule has 3 heteroatoms. The van der Waals surface area contributed by atoms with Gasteiger partial charge in [-0.25, -0.2) is 0 Å². The van der Waals surface area contributed by atoms with Gasteiger partial charge in [0.1, 0.15) is 12.4 Å². The zero-order valence-corrected chi connectivity index (χ0v) is 14.8. The first kappa shape index (κ1) is 17.5. The molecule has 0 heterocycles. The summed E-state index contributed by atoms with van der Waals surface area (Å²) < 4.78 is 6.17. The van der Waals surface area contributed by atoms with Crippen molar-refractivity contribution in [1.82, 2.24) is 5.32 Å². The Morgan fingerprint density at radius 2 is 1.76 bits per heavy atom. The van der Waals surface area contributed by atoms with E-state index in [-0.39, 0.29) is 6.10 Å². The fraction of sp³-hybridized carbons (Fsp3) is 0.273. The van der Waals surface area contributed by atoms with Gasteiger partial charge in [0.2, 0.25) is 0 Å². The van der Waals surface area contributed by atoms with Crippen LogP contribution in [0.5, 0.6) is 5.75 Å². The zero-order chi connectivity index (χ0) is 17.6. The lowest BCUT2D eigenvalue weighted by Gasteiger charge is -2.16. The highest BCUT2D eigenvalue weighted by atomic mass is 16.5. The number of ether oxygens (including phenoxy) is 1. The monoisotopic (exact) mass is 335 g/mol. The molecule has 130 valence electrons. The van der Waals surface area contributed by atoms with E-state index in [1.807, 2.05) is 30.3 Å². The molecular formula is C22H25NO2. The van der Waals surface area contributed by atoms with Gasteiger partial charge in [-0.05, 0) is 41.8 Å². The summed E-state index contributed by atoms with van der Waals surface area (Å²) in [4.78, 5) is 0. The summed E-state index contributed by atoms with van der Waals surface area (Å²) in [5.74, 6) is 0.889. The van der Waals surface area contributed by atoms with Crippen molar-refractivity contribution in [2.24, 2.45) is 0 Å². The second kappa shape index (κ2) is 8.15. The highest BCUT2D eigenvalue weighted by Crippen LogP contribution is 2.29. The molecule has 0 radical (unpaired) electrons. The van der Waals surface area contributed by atoms with Crippen molar-refractivity contribution in [1.29, 1.82) is 0 Å². The van der Waals surface area contributed by atoms with E-state index in [1.54, 1.807) is 6.92 Å². The van der Waals surface area contributed by atoms with Crippen molar-refractivity contribution in [2.75, 3.05) is 6.54 Å². The first-order chi connectivity index (χ1) is 12.1. The van der Waals surface area contributed by atoms with Crippen LogP contribution in [0.15, 0.2) is 60.7 Å². The fourth-order valence-corrected chi connectivity index (χ4v) is 2.97. The van der Waals surface area contributed by atoms with Crippen LogP contribution in [0.4, 0.5) is 0 Å². The lowest BCUT2D eigenvalue weighted by Crippen LogP contribution is -2.24. The lowest BCUT2D eigenvalue weighted by molar-refractivity contribution is 0.190. The minimum Gasteiger partial charge on any atom is -0.489 e. The summed E-state index contributed by atoms with van der Waals surface area (Å²) >= 11 is 0. The first-order valence-corrected chi connectivity index (χ1v) is 8.72. The van der Waals surface area contributed by atoms with Gasteiger partial charge in [0.25, 0.3) is 0 Å². The molecule has 0 aromatic heterocycles. The maximum absolute atomic E-state index is 9.50. The van der Waals surface area contributed by atoms with Crippen LogP contribution in [-0.2, 0) is 13.2 Å². The molecule has 0 bridgehead atoms. The molecule has 2 N–H and O–H groups in total. The van der Waals surface area contributed by atoms with E-state index in [0.29, 0.717) is 19.7 Å². The third-order valence-electron chi connectivity index (χ3n) is 4.38. The topological polar surface area (TPSA) is 41.5 Å². The van der Waals surface area contributed by atoms with Gasteiger partial charge in [-0.3, -0.25) is 0 Å². The summed E-state index contributed by atoms with van der Waals surface area (Å²) in [5, 5.41) is 15.2. The fourth-order valence-electron chi connectivity index (χ4n) is 2.97. The maximum Gasteiger partial charge on any atom is 0.124 e. The molecule has 3 rings (SSSR count). The van der Waals surface area contributed by atoms with Crippen LogP contribution in [0.1, 0.15) is 23.6 Å². The number of hydrogen-bond acceptors (Lipinski definition) is 3. The predicted octanol–water partition coefficient (Wildman–Crippen LogP) is 4.20. The van der Waals surface area contributed by atoms with E-state index in [4.69, 9.17) is 4.74 Å². The van der Waals surface area contributed by atoms with E-state index >= 15 is 0 Å². The summed E-state index contributed by atoms with van der Waals surface area (Å²) in [5.41, 5.74) is 3.56. The van der Waals surface area contributed by atoms with Crippen LogP contribution >= 0.6 is 0 Å². The van der Waals surface area contributed by atoms with Gasteiger partial charge in [0.15, 0.2) is 0 Å². The Labute approximate surface area is 149 Å². The van der Waals surface area contributed by atoms with E-state index in [9.17, 15) is 5.11 Å². The van der Waals surface area contributed by atoms with Crippen LogP contribution in [0.3, 0.4) is 0 Å². The Morgan fingerprint density at radius 3 is 2.56 bits per heavy atom. The third-order valence-corrected chi connectivity index (χ3v) is 4.38. The second-order valence-electron chi connectivity index (χ2n) is 6.46. The van der Waals surface area contributed by atoms with Crippen molar-refractivity contribution in [2.45, 2.75) is 33.1 Å². The average molecular weight is 335 g/mol. The van der Waals surface area contributed by atoms with E-state index in [0.717, 1.165) is 11.3 Å². The van der Waals surface area contributed by atoms with Gasteiger partial charge >= 0.3 is 0 Å². The zero-order valence-electron chi connectivity index (χ0n) is 14.8. The quantitative estimate of drug-likeness (QED) is 0.680. The Hall–Kier alpha value is -2.36. The first-order valence-electron chi connectivity index (χ1n) is 8.72. The normalized spacial score (nSPS) is 12.3. The molecule has 3 aromatic rings. The van der Waals surface area contributed by atoms with Crippen molar-refractivity contribution in [3.63, 3.8) is 0 Å². The Kier molecular flexibility index (Phi) is 5.69. The lowest BCUT2D eigenvalue weighted by atomic mass is 10.0. The predicted molar refractivity (Wildman–Crippen MR) is 103 cm³/mol. The van der Waals surface area contributed by atoms with Gasteiger partial charge < -0.3 is 15.2 Å². The minimum atomic E-state index is -0.369. The number of rotatable bonds is 7. The molecular weight excluding hydrogens is 310 g/mol. The van der Waals surface area contributed by atoms with E-state index < -0.39 is 0 Å². The molecule has 0 aliphatic rings. The van der Waals surface area contributed by atoms with Gasteiger partial charge in [0, 0.05) is 18.7 Å². The highest BCUT2D eigenvalue weighted by molar-refractivity contribution is 5.87. The van der Waals surface area contributed by atoms with Crippen molar-refractivity contribution >= 4 is 10.8 Å². The summed E-state index contributed by atoms with van der Waals surface area (Å²) in [7, 11) is 0. The molecule has 1 atom stereocenters. The van der Waals surface area contributed by atoms with Gasteiger partial charge in [-0.15, -0.1) is 0 Å². The molecule has 3 aromatic carbocycles. The SMILES string of the molecule is Cc1ccccc1COc1ccc2ccccc2c1CNC[C@@H](C)O. The van der Waals surface area contributed by atoms with Crippen molar-refractivity contribution < 1.29 is 9.84 Å². The van der Waals surface area contributed by atoms with Crippen LogP contribution in [0.2, 0.25) is 0 Å². The Morgan fingerprint density at radius 1 is 1.00 bits per heavy atom. The summed E-state index contributed by atoms with van der Waals surface area (Å²) in [6.45, 7) is 5.65. The highest BCUT2D eigenvalue weighted by Gasteiger charge is 2.10. The number of aliphatic hydroxyl groups excluding tert-OH is 1. The van der Waals surface area contributed by atoms with Crippen LogP contribution in [0, 0.1) is 6.92 Å². The van der Waals surface area contributed by atoms with E-state index in [2.05, 4.69) is 42.6 Å². The van der Waals surface area contributed by atoms with Crippen LogP contribution in [-0.4, -0.2) is 17.8 Å². The number of nitrogens with one attached hydrogen (secondary N) is 1. The average Bonchev–Trinajstić information content (AvgIpc) is 2.61. The van der Waals surface area contributed by atoms with Gasteiger partial charge in [-0.1, -0.05) is 54.6 Å². The Balaban J connectivity index is 1.86. The second-order valence-corrected chi connectivity index (χ2v) is 6.46. The largest absolute Gasteiger partial charge is 0.489 e. The van der Waals surface area contributed by atoms with Crippen LogP contribution < -0.4 is 10.1 Å². The van der Waals surface area contributed by atoms with Crippen LogP contribution in [0.25, 0.3) is 10.8 Å². The number of hydrogen-bond donors (Lipinski definition) is 2. The summed E-state index contributed by atoms with van der Waals surface area (Å²) in [6, 6.07) is 20.7. The van der Waals surface area contributed by atoms with Gasteiger partial charge in [-0.2, -0.15) is 0 Å². The molecule has 0 fully saturated rings. The minimum absolute atomic E-state index is 0.369. The molecule has 0 saturated carbocycles.